The zero-order valence-electron chi connectivity index (χ0n) is 14.7. The van der Waals surface area contributed by atoms with E-state index in [2.05, 4.69) is 6.92 Å². The number of aliphatic carboxylic acids is 2. The van der Waals surface area contributed by atoms with E-state index in [1.165, 1.54) is 32.1 Å². The molecule has 12 heteroatoms. The van der Waals surface area contributed by atoms with Crippen LogP contribution in [0.1, 0.15) is 71.1 Å². The third kappa shape index (κ3) is 18.6. The molecule has 0 saturated carbocycles. The molecule has 0 aliphatic rings. The van der Waals surface area contributed by atoms with Crippen molar-refractivity contribution in [3.63, 3.8) is 0 Å². The number of carboxylic acid groups (broad SMARTS) is 2. The van der Waals surface area contributed by atoms with Crippen LogP contribution in [0.4, 0.5) is 0 Å². The number of unbranched alkanes of at least 4 members (excludes halogenated alkanes) is 9. The molecule has 0 heterocycles. The minimum absolute atomic E-state index is 0. The molecule has 0 amide bonds. The first-order valence-corrected chi connectivity index (χ1v) is 10.3. The zero-order chi connectivity index (χ0) is 19.3. The van der Waals surface area contributed by atoms with Gasteiger partial charge in [0.2, 0.25) is 5.25 Å². The van der Waals surface area contributed by atoms with Crippen LogP contribution < -0.4 is 0 Å². The average Bonchev–Trinajstić information content (AvgIpc) is 2.49. The Balaban J connectivity index is -0.000000960. The van der Waals surface area contributed by atoms with Crippen molar-refractivity contribution in [2.45, 2.75) is 82.5 Å². The van der Waals surface area contributed by atoms with E-state index in [9.17, 15) is 18.0 Å². The van der Waals surface area contributed by atoms with E-state index >= 15 is 0 Å². The number of rotatable bonds is 16. The maximum absolute atomic E-state index is 11.1. The van der Waals surface area contributed by atoms with Crippen molar-refractivity contribution in [3.8, 4) is 0 Å². The van der Waals surface area contributed by atoms with E-state index in [-0.39, 0.29) is 95.3 Å². The Morgan fingerprint density at radius 2 is 1.18 bits per heavy atom. The van der Waals surface area contributed by atoms with Gasteiger partial charge in [0.15, 0.2) is 6.10 Å². The zero-order valence-corrected chi connectivity index (χ0v) is 15.5. The molecular formula is C16H33Na3O8S. The molecule has 8 nitrogen and oxygen atoms in total. The van der Waals surface area contributed by atoms with Crippen LogP contribution >= 0.6 is 0 Å². The van der Waals surface area contributed by atoms with Gasteiger partial charge in [0, 0.05) is 6.61 Å². The van der Waals surface area contributed by atoms with Gasteiger partial charge in [-0.25, -0.2) is 4.79 Å². The first-order valence-electron chi connectivity index (χ1n) is 8.75. The van der Waals surface area contributed by atoms with Gasteiger partial charge in [-0.2, -0.15) is 8.42 Å². The van der Waals surface area contributed by atoms with Gasteiger partial charge < -0.3 is 14.9 Å². The van der Waals surface area contributed by atoms with Gasteiger partial charge in [0.1, 0.15) is 0 Å². The molecule has 3 N–H and O–H groups in total. The van der Waals surface area contributed by atoms with Crippen molar-refractivity contribution < 1.29 is 37.5 Å². The summed E-state index contributed by atoms with van der Waals surface area (Å²) in [6.45, 7) is 2.10. The summed E-state index contributed by atoms with van der Waals surface area (Å²) in [6.07, 6.45) is 8.50. The van der Waals surface area contributed by atoms with Crippen LogP contribution in [0.3, 0.4) is 0 Å². The van der Waals surface area contributed by atoms with Gasteiger partial charge in [-0.3, -0.25) is 9.35 Å². The van der Waals surface area contributed by atoms with Crippen LogP contribution in [0.5, 0.6) is 0 Å². The van der Waals surface area contributed by atoms with E-state index in [1.807, 2.05) is 0 Å². The molecule has 0 bridgehead atoms. The Morgan fingerprint density at radius 3 is 1.50 bits per heavy atom. The van der Waals surface area contributed by atoms with Crippen molar-refractivity contribution in [2.24, 2.45) is 0 Å². The summed E-state index contributed by atoms with van der Waals surface area (Å²) >= 11 is 0. The molecular weight excluding hydrogens is 421 g/mol. The first kappa shape index (κ1) is 37.1. The molecule has 0 radical (unpaired) electrons. The van der Waals surface area contributed by atoms with E-state index < -0.39 is 33.4 Å². The second-order valence-corrected chi connectivity index (χ2v) is 7.62. The summed E-state index contributed by atoms with van der Waals surface area (Å²) in [4.78, 5) is 22.0. The predicted octanol–water partition coefficient (Wildman–Crippen LogP) is 0.773. The Kier molecular flexibility index (Phi) is 29.2. The number of hydrogen-bond acceptors (Lipinski definition) is 5. The van der Waals surface area contributed by atoms with Gasteiger partial charge >= 0.3 is 101 Å². The quantitative estimate of drug-likeness (QED) is 0.177. The molecule has 0 fully saturated rings. The van der Waals surface area contributed by atoms with Crippen LogP contribution in [0, 0.1) is 0 Å². The fraction of sp³-hybridized carbons (Fsp3) is 0.875. The van der Waals surface area contributed by atoms with Gasteiger partial charge in [-0.05, 0) is 6.42 Å². The Labute approximate surface area is 234 Å². The average molecular weight is 454 g/mol. The predicted molar refractivity (Wildman–Crippen MR) is 114 cm³/mol. The molecule has 0 spiro atoms. The second kappa shape index (κ2) is 22.0. The molecule has 154 valence electrons. The van der Waals surface area contributed by atoms with Crippen molar-refractivity contribution in [1.29, 1.82) is 0 Å². The van der Waals surface area contributed by atoms with Crippen molar-refractivity contribution in [1.82, 2.24) is 0 Å². The van der Waals surface area contributed by atoms with Crippen LogP contribution in [-0.4, -0.2) is 142 Å². The Hall–Kier alpha value is 1.81. The summed E-state index contributed by atoms with van der Waals surface area (Å²) < 4.78 is 35.9. The van der Waals surface area contributed by atoms with E-state index in [1.54, 1.807) is 0 Å². The Morgan fingerprint density at radius 1 is 0.786 bits per heavy atom. The molecule has 2 atom stereocenters. The van der Waals surface area contributed by atoms with Crippen LogP contribution in [0.2, 0.25) is 0 Å². The summed E-state index contributed by atoms with van der Waals surface area (Å²) in [5.74, 6) is -3.70. The fourth-order valence-corrected chi connectivity index (χ4v) is 3.26. The van der Waals surface area contributed by atoms with Gasteiger partial charge in [0.25, 0.3) is 10.1 Å². The number of carbonyl (C=O) groups is 2. The Bertz CT molecular complexity index is 502. The minimum atomic E-state index is -5.08. The fourth-order valence-electron chi connectivity index (χ4n) is 2.50. The number of ether oxygens (including phenoxy) is 1. The molecule has 0 aromatic rings. The molecule has 0 aromatic heterocycles. The molecule has 0 saturated heterocycles. The second-order valence-electron chi connectivity index (χ2n) is 6.09. The standard InChI is InChI=1S/C16H30O8S.3Na.3H/c1-2-3-4-5-6-7-8-9-10-11-12-24-13(15(17)18)14(16(19)20)25(21,22)23;;;;;;/h13-14H,2-12H2,1H3,(H,17,18)(H,19,20)(H,21,22,23);;;;;;. The number of carboxylic acids is 2. The third-order valence-electron chi connectivity index (χ3n) is 3.88. The van der Waals surface area contributed by atoms with Gasteiger partial charge in [-0.15, -0.1) is 0 Å². The normalized spacial score (nSPS) is 12.6. The van der Waals surface area contributed by atoms with Crippen LogP contribution in [0.25, 0.3) is 0 Å². The summed E-state index contributed by atoms with van der Waals surface area (Å²) in [6, 6.07) is 0. The van der Waals surface area contributed by atoms with E-state index in [4.69, 9.17) is 19.5 Å². The molecule has 0 rings (SSSR count). The SMILES string of the molecule is CCCCCCCCCCCCOC(C(=O)O)C(C(=O)O)S(=O)(=O)O.[NaH].[NaH].[NaH]. The monoisotopic (exact) mass is 454 g/mol. The summed E-state index contributed by atoms with van der Waals surface area (Å²) in [5.41, 5.74) is 0. The number of hydrogen-bond donors (Lipinski definition) is 3. The first-order chi connectivity index (χ1) is 11.7. The van der Waals surface area contributed by atoms with Crippen LogP contribution in [-0.2, 0) is 24.4 Å². The molecule has 28 heavy (non-hydrogen) atoms. The molecule has 2 unspecified atom stereocenters. The third-order valence-corrected chi connectivity index (χ3v) is 4.97. The molecule has 0 aliphatic carbocycles. The topological polar surface area (TPSA) is 138 Å². The summed E-state index contributed by atoms with van der Waals surface area (Å²) in [5, 5.41) is 15.2. The van der Waals surface area contributed by atoms with Gasteiger partial charge in [-0.1, -0.05) is 64.7 Å². The van der Waals surface area contributed by atoms with Crippen molar-refractivity contribution in [2.75, 3.05) is 6.61 Å². The summed E-state index contributed by atoms with van der Waals surface area (Å²) in [7, 11) is -5.08. The maximum atomic E-state index is 11.1. The van der Waals surface area contributed by atoms with E-state index in [0.29, 0.717) is 6.42 Å². The van der Waals surface area contributed by atoms with Crippen LogP contribution in [0.15, 0.2) is 0 Å². The van der Waals surface area contributed by atoms with E-state index in [0.717, 1.165) is 25.7 Å². The van der Waals surface area contributed by atoms with Gasteiger partial charge in [0.05, 0.1) is 0 Å². The van der Waals surface area contributed by atoms with Crippen molar-refractivity contribution >= 4 is 111 Å². The molecule has 0 aromatic carbocycles. The molecule has 0 aliphatic heterocycles. The van der Waals surface area contributed by atoms with Crippen molar-refractivity contribution in [3.05, 3.63) is 0 Å².